The zero-order chi connectivity index (χ0) is 29.7. The number of hydrogen-bond donors (Lipinski definition) is 3. The van der Waals surface area contributed by atoms with Gasteiger partial charge in [-0.1, -0.05) is 0 Å². The van der Waals surface area contributed by atoms with E-state index in [1.165, 1.54) is 45.2 Å². The van der Waals surface area contributed by atoms with Crippen molar-refractivity contribution in [1.82, 2.24) is 20.5 Å². The number of carbonyl (C=O) groups excluding carboxylic acids is 1. The Labute approximate surface area is 234 Å². The number of benzene rings is 2. The summed E-state index contributed by atoms with van der Waals surface area (Å²) < 4.78 is 49.1. The molecule has 11 heteroatoms. The second-order valence-electron chi connectivity index (χ2n) is 10.9. The van der Waals surface area contributed by atoms with E-state index >= 15 is 4.39 Å². The van der Waals surface area contributed by atoms with Gasteiger partial charge >= 0.3 is 0 Å². The Bertz CT molecular complexity index is 1640. The van der Waals surface area contributed by atoms with Crippen molar-refractivity contribution in [2.75, 3.05) is 13.7 Å². The molecule has 0 bridgehead atoms. The first-order valence-corrected chi connectivity index (χ1v) is 13.0. The van der Waals surface area contributed by atoms with Crippen molar-refractivity contribution in [3.8, 4) is 17.0 Å². The van der Waals surface area contributed by atoms with Crippen LogP contribution >= 0.6 is 0 Å². The molecule has 1 aliphatic carbocycles. The molecule has 0 spiro atoms. The van der Waals surface area contributed by atoms with Gasteiger partial charge in [-0.3, -0.25) is 4.79 Å². The first-order chi connectivity index (χ1) is 19.3. The Balaban J connectivity index is 1.54. The number of nitrogens with zero attached hydrogens (tertiary/aromatic N) is 3. The maximum absolute atomic E-state index is 15.6. The molecule has 2 aromatic carbocycles. The van der Waals surface area contributed by atoms with Crippen LogP contribution in [0.25, 0.3) is 22.2 Å². The lowest BCUT2D eigenvalue weighted by molar-refractivity contribution is 0.00164. The summed E-state index contributed by atoms with van der Waals surface area (Å²) >= 11 is 0. The molecule has 1 saturated carbocycles. The molecule has 41 heavy (non-hydrogen) atoms. The number of rotatable bonds is 8. The highest BCUT2D eigenvalue weighted by Crippen LogP contribution is 2.48. The van der Waals surface area contributed by atoms with E-state index in [1.54, 1.807) is 19.1 Å². The van der Waals surface area contributed by atoms with E-state index in [9.17, 15) is 23.8 Å². The van der Waals surface area contributed by atoms with Crippen LogP contribution in [0.1, 0.15) is 47.6 Å². The summed E-state index contributed by atoms with van der Waals surface area (Å²) in [5.74, 6) is -2.62. The maximum atomic E-state index is 15.6. The van der Waals surface area contributed by atoms with Crippen LogP contribution in [0.5, 0.6) is 5.75 Å². The highest BCUT2D eigenvalue weighted by atomic mass is 19.1. The molecule has 8 nitrogen and oxygen atoms in total. The third kappa shape index (κ3) is 5.47. The summed E-state index contributed by atoms with van der Waals surface area (Å²) in [6, 6.07) is 10.9. The smallest absolute Gasteiger partial charge is 0.251 e. The number of ether oxygens (including phenoxy) is 1. The van der Waals surface area contributed by atoms with Crippen LogP contribution in [0.4, 0.5) is 13.2 Å². The van der Waals surface area contributed by atoms with Crippen molar-refractivity contribution in [3.63, 3.8) is 0 Å². The lowest BCUT2D eigenvalue weighted by Crippen LogP contribution is -2.44. The highest BCUT2D eigenvalue weighted by Gasteiger charge is 2.55. The Morgan fingerprint density at radius 2 is 1.78 bits per heavy atom. The summed E-state index contributed by atoms with van der Waals surface area (Å²) in [6.07, 6.45) is -1.39. The summed E-state index contributed by atoms with van der Waals surface area (Å²) in [6.45, 7) is 4.02. The molecule has 0 aliphatic heterocycles. The molecule has 1 amide bonds. The van der Waals surface area contributed by atoms with Gasteiger partial charge in [0.2, 0.25) is 0 Å². The fraction of sp³-hybridized carbons (Fsp3) is 0.333. The molecule has 0 radical (unpaired) electrons. The summed E-state index contributed by atoms with van der Waals surface area (Å²) in [5, 5.41) is 34.0. The maximum Gasteiger partial charge on any atom is 0.251 e. The van der Waals surface area contributed by atoms with E-state index in [0.29, 0.717) is 22.3 Å². The molecule has 5 rings (SSSR count). The topological polar surface area (TPSA) is 117 Å². The van der Waals surface area contributed by atoms with Crippen molar-refractivity contribution in [2.45, 2.75) is 44.6 Å². The lowest BCUT2D eigenvalue weighted by Gasteiger charge is -2.30. The van der Waals surface area contributed by atoms with Crippen molar-refractivity contribution >= 4 is 16.8 Å². The minimum atomic E-state index is -2.06. The quantitative estimate of drug-likeness (QED) is 0.288. The Hall–Kier alpha value is -4.09. The Kier molecular flexibility index (Phi) is 7.20. The van der Waals surface area contributed by atoms with Crippen molar-refractivity contribution in [3.05, 3.63) is 82.7 Å². The fourth-order valence-electron chi connectivity index (χ4n) is 4.90. The van der Waals surface area contributed by atoms with Gasteiger partial charge in [-0.2, -0.15) is 5.10 Å². The standard InChI is InChI=1S/C30H29F3N4O4/c1-15-9-17-10-18(11-23(41-4)26(17)37-36-15)28(38)34-14-30(40,20-12-22(20)32)24-13-21(29(2,3)39)25(33)27(35-24)16-5-7-19(31)8-6-16/h5-11,13,20,22,39-40H,12,14H2,1-4H3,(H,34,38)/t20?,22-,30-/m0/s1. The van der Waals surface area contributed by atoms with E-state index in [2.05, 4.69) is 20.5 Å². The number of carbonyl (C=O) groups is 1. The minimum absolute atomic E-state index is 0.00307. The normalized spacial score (nSPS) is 18.2. The number of alkyl halides is 1. The minimum Gasteiger partial charge on any atom is -0.494 e. The number of aryl methyl sites for hydroxylation is 1. The SMILES string of the molecule is COc1cc(C(=O)NC[C@@](O)(c2cc(C(C)(C)O)c(F)c(-c3ccc(F)cc3)n2)C2C[C@@H]2F)cc2cc(C)nnc12. The predicted octanol–water partition coefficient (Wildman–Crippen LogP) is 4.49. The number of methoxy groups -OCH3 is 1. The number of halogens is 3. The van der Waals surface area contributed by atoms with Crippen LogP contribution in [0.2, 0.25) is 0 Å². The number of aliphatic hydroxyl groups is 2. The average molecular weight is 567 g/mol. The first-order valence-electron chi connectivity index (χ1n) is 13.0. The molecule has 2 aromatic heterocycles. The van der Waals surface area contributed by atoms with Gasteiger partial charge in [0.25, 0.3) is 5.91 Å². The van der Waals surface area contributed by atoms with Gasteiger partial charge in [0, 0.05) is 28.0 Å². The number of aromatic nitrogens is 3. The fourth-order valence-corrected chi connectivity index (χ4v) is 4.90. The molecule has 2 heterocycles. The van der Waals surface area contributed by atoms with Gasteiger partial charge in [-0.15, -0.1) is 5.10 Å². The van der Waals surface area contributed by atoms with E-state index in [-0.39, 0.29) is 34.5 Å². The number of hydrogen-bond acceptors (Lipinski definition) is 7. The van der Waals surface area contributed by atoms with Crippen LogP contribution in [0.15, 0.2) is 48.5 Å². The molecular weight excluding hydrogens is 537 g/mol. The molecule has 0 saturated heterocycles. The third-order valence-electron chi connectivity index (χ3n) is 7.28. The van der Waals surface area contributed by atoms with E-state index < -0.39 is 47.4 Å². The molecule has 3 N–H and O–H groups in total. The highest BCUT2D eigenvalue weighted by molar-refractivity contribution is 5.99. The van der Waals surface area contributed by atoms with Gasteiger partial charge in [0.1, 0.15) is 34.6 Å². The van der Waals surface area contributed by atoms with Gasteiger partial charge in [-0.25, -0.2) is 18.2 Å². The predicted molar refractivity (Wildman–Crippen MR) is 145 cm³/mol. The van der Waals surface area contributed by atoms with Gasteiger partial charge < -0.3 is 20.3 Å². The molecular formula is C30H29F3N4O4. The number of nitrogens with one attached hydrogen (secondary N) is 1. The number of fused-ring (bicyclic) bond motifs is 1. The number of amides is 1. The van der Waals surface area contributed by atoms with E-state index in [0.717, 1.165) is 12.1 Å². The Morgan fingerprint density at radius 1 is 1.10 bits per heavy atom. The number of pyridine rings is 1. The van der Waals surface area contributed by atoms with Crippen LogP contribution in [0, 0.1) is 24.5 Å². The van der Waals surface area contributed by atoms with E-state index in [1.807, 2.05) is 0 Å². The van der Waals surface area contributed by atoms with Gasteiger partial charge in [-0.05, 0) is 75.7 Å². The van der Waals surface area contributed by atoms with Crippen LogP contribution in [-0.2, 0) is 11.2 Å². The molecule has 3 atom stereocenters. The molecule has 1 aliphatic rings. The summed E-state index contributed by atoms with van der Waals surface area (Å²) in [5.41, 5.74) is -2.85. The molecule has 214 valence electrons. The van der Waals surface area contributed by atoms with E-state index in [4.69, 9.17) is 4.74 Å². The van der Waals surface area contributed by atoms with Crippen molar-refractivity contribution in [1.29, 1.82) is 0 Å². The summed E-state index contributed by atoms with van der Waals surface area (Å²) in [4.78, 5) is 17.6. The second kappa shape index (κ2) is 10.4. The molecule has 1 fully saturated rings. The molecule has 4 aromatic rings. The zero-order valence-electron chi connectivity index (χ0n) is 22.9. The van der Waals surface area contributed by atoms with Crippen LogP contribution in [-0.4, -0.2) is 51.1 Å². The van der Waals surface area contributed by atoms with Crippen molar-refractivity contribution in [2.24, 2.45) is 5.92 Å². The zero-order valence-corrected chi connectivity index (χ0v) is 22.9. The monoisotopic (exact) mass is 566 g/mol. The third-order valence-corrected chi connectivity index (χ3v) is 7.28. The first kappa shape index (κ1) is 28.4. The second-order valence-corrected chi connectivity index (χ2v) is 10.9. The molecule has 1 unspecified atom stereocenters. The Morgan fingerprint density at radius 3 is 2.39 bits per heavy atom. The van der Waals surface area contributed by atoms with Gasteiger partial charge in [0.05, 0.1) is 30.6 Å². The lowest BCUT2D eigenvalue weighted by atomic mass is 9.87. The average Bonchev–Trinajstić information content (AvgIpc) is 3.67. The largest absolute Gasteiger partial charge is 0.494 e. The van der Waals surface area contributed by atoms with Crippen LogP contribution in [0.3, 0.4) is 0 Å². The van der Waals surface area contributed by atoms with Crippen molar-refractivity contribution < 1.29 is 32.9 Å². The van der Waals surface area contributed by atoms with Crippen LogP contribution < -0.4 is 10.1 Å². The summed E-state index contributed by atoms with van der Waals surface area (Å²) in [7, 11) is 1.43. The van der Waals surface area contributed by atoms with Gasteiger partial charge in [0.15, 0.2) is 5.82 Å².